The molecule has 100 valence electrons. The van der Waals surface area contributed by atoms with Gasteiger partial charge < -0.3 is 15.0 Å². The van der Waals surface area contributed by atoms with E-state index in [1.165, 1.54) is 0 Å². The highest BCUT2D eigenvalue weighted by Crippen LogP contribution is 2.08. The quantitative estimate of drug-likeness (QED) is 0.811. The number of anilines is 2. The summed E-state index contributed by atoms with van der Waals surface area (Å²) in [6.07, 6.45) is 1.78. The Morgan fingerprint density at radius 1 is 1.39 bits per heavy atom. The highest BCUT2D eigenvalue weighted by Gasteiger charge is 2.09. The number of rotatable bonds is 5. The van der Waals surface area contributed by atoms with Gasteiger partial charge in [0.2, 0.25) is 5.95 Å². The number of hydrogen-bond donors (Lipinski definition) is 1. The highest BCUT2D eigenvalue weighted by molar-refractivity contribution is 5.40. The fourth-order valence-corrected chi connectivity index (χ4v) is 1.83. The summed E-state index contributed by atoms with van der Waals surface area (Å²) in [7, 11) is 3.94. The van der Waals surface area contributed by atoms with Gasteiger partial charge in [-0.25, -0.2) is 4.98 Å². The minimum absolute atomic E-state index is 0.689. The molecule has 0 aliphatic carbocycles. The molecule has 1 fully saturated rings. The molecule has 2 rings (SSSR count). The van der Waals surface area contributed by atoms with Crippen LogP contribution in [0, 0.1) is 0 Å². The molecular formula is C12H21N5O. The third kappa shape index (κ3) is 3.82. The monoisotopic (exact) mass is 251 g/mol. The molecule has 0 spiro atoms. The maximum Gasteiger partial charge on any atom is 0.224 e. The lowest BCUT2D eigenvalue weighted by atomic mass is 10.4. The number of nitrogens with zero attached hydrogens (tertiary/aromatic N) is 4. The zero-order valence-corrected chi connectivity index (χ0v) is 11.1. The maximum absolute atomic E-state index is 5.31. The zero-order valence-electron chi connectivity index (χ0n) is 11.1. The molecule has 1 aliphatic rings. The van der Waals surface area contributed by atoms with E-state index in [4.69, 9.17) is 4.74 Å². The van der Waals surface area contributed by atoms with Crippen LogP contribution in [0.3, 0.4) is 0 Å². The van der Waals surface area contributed by atoms with Crippen molar-refractivity contribution in [1.29, 1.82) is 0 Å². The van der Waals surface area contributed by atoms with Crippen LogP contribution in [0.25, 0.3) is 0 Å². The minimum atomic E-state index is 0.689. The average Bonchev–Trinajstić information content (AvgIpc) is 2.40. The van der Waals surface area contributed by atoms with Crippen LogP contribution in [0.1, 0.15) is 0 Å². The van der Waals surface area contributed by atoms with Gasteiger partial charge in [-0.2, -0.15) is 4.98 Å². The Balaban J connectivity index is 1.77. The van der Waals surface area contributed by atoms with E-state index >= 15 is 0 Å². The van der Waals surface area contributed by atoms with Gasteiger partial charge in [0, 0.05) is 46.5 Å². The van der Waals surface area contributed by atoms with E-state index in [0.717, 1.165) is 45.2 Å². The Bertz CT molecular complexity index is 365. The fourth-order valence-electron chi connectivity index (χ4n) is 1.83. The van der Waals surface area contributed by atoms with Crippen molar-refractivity contribution in [3.05, 3.63) is 12.3 Å². The van der Waals surface area contributed by atoms with Gasteiger partial charge in [-0.15, -0.1) is 0 Å². The van der Waals surface area contributed by atoms with Crippen LogP contribution in [-0.4, -0.2) is 68.4 Å². The van der Waals surface area contributed by atoms with Crippen LogP contribution in [0.5, 0.6) is 0 Å². The second-order valence-electron chi connectivity index (χ2n) is 4.51. The van der Waals surface area contributed by atoms with Crippen LogP contribution in [0.4, 0.5) is 11.8 Å². The third-order valence-electron chi connectivity index (χ3n) is 2.91. The normalized spacial score (nSPS) is 16.6. The Hall–Kier alpha value is -1.40. The number of aromatic nitrogens is 2. The Morgan fingerprint density at radius 2 is 2.17 bits per heavy atom. The van der Waals surface area contributed by atoms with Crippen molar-refractivity contribution >= 4 is 11.8 Å². The lowest BCUT2D eigenvalue weighted by Gasteiger charge is -2.26. The van der Waals surface area contributed by atoms with E-state index in [-0.39, 0.29) is 0 Å². The second-order valence-corrected chi connectivity index (χ2v) is 4.51. The first-order valence-electron chi connectivity index (χ1n) is 6.30. The molecule has 6 nitrogen and oxygen atoms in total. The molecule has 1 aliphatic heterocycles. The fraction of sp³-hybridized carbons (Fsp3) is 0.667. The number of nitrogens with one attached hydrogen (secondary N) is 1. The zero-order chi connectivity index (χ0) is 12.8. The molecule has 0 saturated carbocycles. The van der Waals surface area contributed by atoms with Gasteiger partial charge in [0.05, 0.1) is 13.2 Å². The molecular weight excluding hydrogens is 230 g/mol. The molecule has 0 amide bonds. The molecule has 0 radical (unpaired) electrons. The lowest BCUT2D eigenvalue weighted by molar-refractivity contribution is 0.0398. The second kappa shape index (κ2) is 6.51. The van der Waals surface area contributed by atoms with E-state index in [1.807, 2.05) is 25.1 Å². The molecule has 1 N–H and O–H groups in total. The van der Waals surface area contributed by atoms with Gasteiger partial charge in [0.25, 0.3) is 0 Å². The van der Waals surface area contributed by atoms with E-state index in [1.54, 1.807) is 6.20 Å². The van der Waals surface area contributed by atoms with Gasteiger partial charge in [-0.05, 0) is 6.07 Å². The number of hydrogen-bond acceptors (Lipinski definition) is 6. The van der Waals surface area contributed by atoms with Crippen LogP contribution in [-0.2, 0) is 4.74 Å². The van der Waals surface area contributed by atoms with E-state index in [2.05, 4.69) is 20.2 Å². The highest BCUT2D eigenvalue weighted by atomic mass is 16.5. The summed E-state index contributed by atoms with van der Waals surface area (Å²) in [5, 5.41) is 3.26. The molecule has 0 bridgehead atoms. The van der Waals surface area contributed by atoms with Crippen molar-refractivity contribution in [2.24, 2.45) is 0 Å². The van der Waals surface area contributed by atoms with Crippen molar-refractivity contribution in [2.45, 2.75) is 0 Å². The van der Waals surface area contributed by atoms with E-state index < -0.39 is 0 Å². The largest absolute Gasteiger partial charge is 0.379 e. The predicted octanol–water partition coefficient (Wildman–Crippen LogP) is 0.287. The van der Waals surface area contributed by atoms with Crippen molar-refractivity contribution < 1.29 is 4.74 Å². The van der Waals surface area contributed by atoms with Crippen LogP contribution in [0.2, 0.25) is 0 Å². The summed E-state index contributed by atoms with van der Waals surface area (Å²) in [5.41, 5.74) is 0. The molecule has 1 aromatic rings. The summed E-state index contributed by atoms with van der Waals surface area (Å²) in [5.74, 6) is 1.60. The molecule has 0 unspecified atom stereocenters. The Kier molecular flexibility index (Phi) is 4.72. The van der Waals surface area contributed by atoms with Crippen molar-refractivity contribution in [3.8, 4) is 0 Å². The maximum atomic E-state index is 5.31. The first-order valence-corrected chi connectivity index (χ1v) is 6.30. The standard InChI is InChI=1S/C12H21N5O/c1-16(2)11-3-4-13-12(15-11)14-5-6-17-7-9-18-10-8-17/h3-4H,5-10H2,1-2H3,(H,13,14,15). The van der Waals surface area contributed by atoms with Gasteiger partial charge in [-0.3, -0.25) is 4.90 Å². The minimum Gasteiger partial charge on any atom is -0.379 e. The lowest BCUT2D eigenvalue weighted by Crippen LogP contribution is -2.39. The molecule has 18 heavy (non-hydrogen) atoms. The van der Waals surface area contributed by atoms with Gasteiger partial charge in [-0.1, -0.05) is 0 Å². The van der Waals surface area contributed by atoms with Crippen molar-refractivity contribution in [1.82, 2.24) is 14.9 Å². The number of morpholine rings is 1. The van der Waals surface area contributed by atoms with Crippen molar-refractivity contribution in [3.63, 3.8) is 0 Å². The van der Waals surface area contributed by atoms with Crippen LogP contribution in [0.15, 0.2) is 12.3 Å². The summed E-state index contributed by atoms with van der Waals surface area (Å²) >= 11 is 0. The first kappa shape index (κ1) is 13.0. The van der Waals surface area contributed by atoms with Gasteiger partial charge in [0.15, 0.2) is 0 Å². The summed E-state index contributed by atoms with van der Waals surface area (Å²) in [6.45, 7) is 5.57. The average molecular weight is 251 g/mol. The Morgan fingerprint density at radius 3 is 2.89 bits per heavy atom. The summed E-state index contributed by atoms with van der Waals surface area (Å²) in [4.78, 5) is 13.0. The van der Waals surface area contributed by atoms with Gasteiger partial charge >= 0.3 is 0 Å². The van der Waals surface area contributed by atoms with Crippen LogP contribution < -0.4 is 10.2 Å². The molecule has 0 aromatic carbocycles. The topological polar surface area (TPSA) is 53.5 Å². The molecule has 1 aromatic heterocycles. The summed E-state index contributed by atoms with van der Waals surface area (Å²) < 4.78 is 5.31. The number of ether oxygens (including phenoxy) is 1. The smallest absolute Gasteiger partial charge is 0.224 e. The molecule has 6 heteroatoms. The van der Waals surface area contributed by atoms with E-state index in [0.29, 0.717) is 5.95 Å². The summed E-state index contributed by atoms with van der Waals surface area (Å²) in [6, 6.07) is 1.90. The van der Waals surface area contributed by atoms with Crippen molar-refractivity contribution in [2.75, 3.05) is 63.7 Å². The first-order chi connectivity index (χ1) is 8.75. The molecule has 1 saturated heterocycles. The molecule has 0 atom stereocenters. The SMILES string of the molecule is CN(C)c1ccnc(NCCN2CCOCC2)n1. The van der Waals surface area contributed by atoms with E-state index in [9.17, 15) is 0 Å². The van der Waals surface area contributed by atoms with Crippen LogP contribution >= 0.6 is 0 Å². The third-order valence-corrected chi connectivity index (χ3v) is 2.91. The predicted molar refractivity (Wildman–Crippen MR) is 72.1 cm³/mol. The molecule has 2 heterocycles. The Labute approximate surface area is 108 Å². The van der Waals surface area contributed by atoms with Gasteiger partial charge in [0.1, 0.15) is 5.82 Å².